The monoisotopic (exact) mass is 740 g/mol. The number of hydrogen-bond donors (Lipinski definition) is 2. The Balaban J connectivity index is 2.07. The van der Waals surface area contributed by atoms with Crippen LogP contribution in [-0.4, -0.2) is 53.3 Å². The van der Waals surface area contributed by atoms with Gasteiger partial charge in [-0.1, -0.05) is 134 Å². The summed E-state index contributed by atoms with van der Waals surface area (Å²) in [7, 11) is -4.76. The lowest BCUT2D eigenvalue weighted by Crippen LogP contribution is -2.29. The second-order valence-corrected chi connectivity index (χ2v) is 15.2. The third-order valence-electron chi connectivity index (χ3n) is 9.06. The van der Waals surface area contributed by atoms with E-state index in [1.807, 2.05) is 0 Å². The molecule has 296 valence electrons. The molecule has 3 atom stereocenters. The van der Waals surface area contributed by atoms with Gasteiger partial charge in [0.15, 0.2) is 6.10 Å². The summed E-state index contributed by atoms with van der Waals surface area (Å²) >= 11 is 0. The van der Waals surface area contributed by atoms with E-state index in [0.717, 1.165) is 70.6 Å². The van der Waals surface area contributed by atoms with Crippen molar-refractivity contribution >= 4 is 19.8 Å². The van der Waals surface area contributed by atoms with Crippen molar-refractivity contribution < 1.29 is 42.7 Å². The highest BCUT2D eigenvalue weighted by Gasteiger charge is 2.36. The fourth-order valence-corrected chi connectivity index (χ4v) is 6.24. The van der Waals surface area contributed by atoms with Gasteiger partial charge in [0.05, 0.1) is 18.8 Å². The quantitative estimate of drug-likeness (QED) is 0.0212. The Morgan fingerprint density at radius 3 is 1.73 bits per heavy atom. The summed E-state index contributed by atoms with van der Waals surface area (Å²) in [6.07, 6.45) is 40.3. The maximum atomic E-state index is 12.4. The molecule has 1 heterocycles. The van der Waals surface area contributed by atoms with Crippen LogP contribution in [0.15, 0.2) is 36.5 Å². The van der Waals surface area contributed by atoms with Gasteiger partial charge < -0.3 is 24.0 Å². The van der Waals surface area contributed by atoms with Crippen LogP contribution in [-0.2, 0) is 32.9 Å². The predicted molar refractivity (Wildman–Crippen MR) is 206 cm³/mol. The fourth-order valence-electron chi connectivity index (χ4n) is 5.88. The first-order chi connectivity index (χ1) is 24.7. The first-order valence-electron chi connectivity index (χ1n) is 20.4. The Morgan fingerprint density at radius 2 is 1.14 bits per heavy atom. The van der Waals surface area contributed by atoms with Crippen LogP contribution in [0.1, 0.15) is 181 Å². The van der Waals surface area contributed by atoms with E-state index in [0.29, 0.717) is 25.0 Å². The summed E-state index contributed by atoms with van der Waals surface area (Å²) in [5, 5.41) is 0. The van der Waals surface area contributed by atoms with Crippen molar-refractivity contribution in [3.8, 4) is 0 Å². The maximum absolute atomic E-state index is 12.4. The number of unbranched alkanes of at least 4 members (excludes halogenated alkanes) is 17. The van der Waals surface area contributed by atoms with Gasteiger partial charge in [-0.3, -0.25) is 14.1 Å². The van der Waals surface area contributed by atoms with Gasteiger partial charge in [0.1, 0.15) is 6.61 Å². The molecule has 0 saturated carbocycles. The van der Waals surface area contributed by atoms with Crippen LogP contribution in [0.2, 0.25) is 0 Å². The van der Waals surface area contributed by atoms with Crippen LogP contribution >= 0.6 is 7.82 Å². The third-order valence-corrected chi connectivity index (χ3v) is 9.54. The molecule has 1 aliphatic rings. The van der Waals surface area contributed by atoms with E-state index in [4.69, 9.17) is 24.0 Å². The van der Waals surface area contributed by atoms with Crippen molar-refractivity contribution in [2.45, 2.75) is 199 Å². The molecule has 0 bridgehead atoms. The molecule has 1 fully saturated rings. The number of phosphoric ester groups is 1. The summed E-state index contributed by atoms with van der Waals surface area (Å²) in [4.78, 5) is 42.8. The van der Waals surface area contributed by atoms with Crippen LogP contribution in [0.25, 0.3) is 0 Å². The number of hydrogen-bond acceptors (Lipinski definition) is 7. The summed E-state index contributed by atoms with van der Waals surface area (Å²) in [6, 6.07) is 0. The van der Waals surface area contributed by atoms with Crippen molar-refractivity contribution in [1.82, 2.24) is 0 Å². The van der Waals surface area contributed by atoms with Crippen molar-refractivity contribution in [2.24, 2.45) is 0 Å². The first kappa shape index (κ1) is 47.3. The second-order valence-electron chi connectivity index (χ2n) is 14.0. The van der Waals surface area contributed by atoms with E-state index in [2.05, 4.69) is 54.8 Å². The zero-order chi connectivity index (χ0) is 37.3. The van der Waals surface area contributed by atoms with Crippen molar-refractivity contribution in [2.75, 3.05) is 13.2 Å². The molecule has 0 amide bonds. The van der Waals surface area contributed by atoms with Crippen molar-refractivity contribution in [1.29, 1.82) is 0 Å². The zero-order valence-electron chi connectivity index (χ0n) is 32.2. The van der Waals surface area contributed by atoms with Gasteiger partial charge in [0.25, 0.3) is 0 Å². The highest BCUT2D eigenvalue weighted by atomic mass is 31.2. The normalized spacial score (nSPS) is 16.8. The zero-order valence-corrected chi connectivity index (χ0v) is 33.1. The van der Waals surface area contributed by atoms with E-state index in [1.165, 1.54) is 70.6 Å². The molecule has 0 radical (unpaired) electrons. The number of rotatable bonds is 36. The van der Waals surface area contributed by atoms with E-state index in [9.17, 15) is 14.2 Å². The molecule has 0 aliphatic carbocycles. The van der Waals surface area contributed by atoms with Crippen LogP contribution in [0.5, 0.6) is 0 Å². The van der Waals surface area contributed by atoms with Gasteiger partial charge >= 0.3 is 19.8 Å². The fraction of sp³-hybridized carbons (Fsp3) is 0.805. The summed E-state index contributed by atoms with van der Waals surface area (Å²) in [6.45, 7) is 3.60. The summed E-state index contributed by atoms with van der Waals surface area (Å²) in [5.74, 6) is -0.915. The standard InChI is InChI=1S/C41H73O9P/c1-3-5-7-8-9-10-11-12-13-14-15-16-17-18-22-25-29-33-40(42)47-35-37(36-48-51(44,45)46)49-41(43)34-30-26-23-20-19-21-24-28-32-39-38(50-39)31-27-6-4-2/h9-10,12-13,24,28,37-39H,3-8,11,14-23,25-27,29-36H2,1-2H3,(H2,44,45,46)/b10-9-,13-12-,28-24-/t37-,38?,39?/m1/s1. The molecule has 10 heteroatoms. The molecule has 2 unspecified atom stereocenters. The minimum atomic E-state index is -4.76. The third kappa shape index (κ3) is 32.6. The lowest BCUT2D eigenvalue weighted by Gasteiger charge is -2.18. The number of carbonyl (C=O) groups excluding carboxylic acids is 2. The molecule has 1 rings (SSSR count). The molecule has 0 aromatic carbocycles. The van der Waals surface area contributed by atoms with Crippen molar-refractivity contribution in [3.63, 3.8) is 0 Å². The van der Waals surface area contributed by atoms with E-state index in [1.54, 1.807) is 0 Å². The van der Waals surface area contributed by atoms with Gasteiger partial charge in [0.2, 0.25) is 0 Å². The van der Waals surface area contributed by atoms with Crippen LogP contribution < -0.4 is 0 Å². The predicted octanol–water partition coefficient (Wildman–Crippen LogP) is 11.2. The average Bonchev–Trinajstić information content (AvgIpc) is 3.85. The van der Waals surface area contributed by atoms with Gasteiger partial charge in [-0.15, -0.1) is 0 Å². The molecular weight excluding hydrogens is 667 g/mol. The number of ether oxygens (including phenoxy) is 3. The molecule has 1 saturated heterocycles. The number of esters is 2. The SMILES string of the molecule is CCCCC/C=C\C/C=C\CCCCCCCCCC(=O)OC[C@H](COP(=O)(O)O)OC(=O)CCCCCCC/C=C\CC1OC1CCCCC. The lowest BCUT2D eigenvalue weighted by atomic mass is 10.1. The largest absolute Gasteiger partial charge is 0.469 e. The first-order valence-corrected chi connectivity index (χ1v) is 21.9. The Hall–Kier alpha value is -1.77. The van der Waals surface area contributed by atoms with E-state index in [-0.39, 0.29) is 19.4 Å². The highest BCUT2D eigenvalue weighted by molar-refractivity contribution is 7.46. The van der Waals surface area contributed by atoms with E-state index >= 15 is 0 Å². The Bertz CT molecular complexity index is 990. The molecule has 51 heavy (non-hydrogen) atoms. The summed E-state index contributed by atoms with van der Waals surface area (Å²) in [5.41, 5.74) is 0. The molecule has 0 aromatic heterocycles. The minimum absolute atomic E-state index is 0.189. The molecule has 0 aromatic rings. The van der Waals surface area contributed by atoms with Gasteiger partial charge in [0, 0.05) is 12.8 Å². The minimum Gasteiger partial charge on any atom is -0.462 e. The summed E-state index contributed by atoms with van der Waals surface area (Å²) < 4.78 is 32.1. The van der Waals surface area contributed by atoms with Crippen LogP contribution in [0, 0.1) is 0 Å². The highest BCUT2D eigenvalue weighted by Crippen LogP contribution is 2.36. The Morgan fingerprint density at radius 1 is 0.627 bits per heavy atom. The Kier molecular flexibility index (Phi) is 30.4. The molecule has 9 nitrogen and oxygen atoms in total. The Labute approximate surface area is 310 Å². The second kappa shape index (κ2) is 32.8. The molecule has 0 spiro atoms. The number of allylic oxidation sites excluding steroid dienone is 5. The number of epoxide rings is 1. The van der Waals surface area contributed by atoms with Gasteiger partial charge in [-0.25, -0.2) is 4.57 Å². The van der Waals surface area contributed by atoms with Gasteiger partial charge in [-0.2, -0.15) is 0 Å². The number of carbonyl (C=O) groups is 2. The topological polar surface area (TPSA) is 132 Å². The molecule has 2 N–H and O–H groups in total. The van der Waals surface area contributed by atoms with Crippen LogP contribution in [0.3, 0.4) is 0 Å². The smallest absolute Gasteiger partial charge is 0.462 e. The van der Waals surface area contributed by atoms with E-state index < -0.39 is 32.5 Å². The lowest BCUT2D eigenvalue weighted by molar-refractivity contribution is -0.161. The van der Waals surface area contributed by atoms with Gasteiger partial charge in [-0.05, 0) is 70.6 Å². The van der Waals surface area contributed by atoms with Crippen LogP contribution in [0.4, 0.5) is 0 Å². The molecule has 1 aliphatic heterocycles. The number of phosphoric acid groups is 1. The average molecular weight is 741 g/mol. The molecular formula is C41H73O9P. The van der Waals surface area contributed by atoms with Crippen molar-refractivity contribution in [3.05, 3.63) is 36.5 Å². The maximum Gasteiger partial charge on any atom is 0.469 e.